The van der Waals surface area contributed by atoms with Crippen molar-refractivity contribution in [3.63, 3.8) is 0 Å². The first kappa shape index (κ1) is 12.4. The SMILES string of the molecule is CCn1cncc1CNc1ccc(-n2cccn2)nc1. The number of nitrogens with zero attached hydrogens (tertiary/aromatic N) is 5. The van der Waals surface area contributed by atoms with Crippen LogP contribution in [0.15, 0.2) is 49.3 Å². The number of nitrogens with one attached hydrogen (secondary N) is 1. The Kier molecular flexibility index (Phi) is 3.45. The van der Waals surface area contributed by atoms with Gasteiger partial charge in [-0.15, -0.1) is 0 Å². The highest BCUT2D eigenvalue weighted by Crippen LogP contribution is 2.10. The molecule has 0 aliphatic rings. The maximum Gasteiger partial charge on any atom is 0.153 e. The third kappa shape index (κ3) is 2.54. The molecular formula is C14H16N6. The summed E-state index contributed by atoms with van der Waals surface area (Å²) >= 11 is 0. The second-order valence-corrected chi connectivity index (χ2v) is 4.38. The Hall–Kier alpha value is -2.63. The Bertz CT molecular complexity index is 653. The van der Waals surface area contributed by atoms with Crippen LogP contribution in [0, 0.1) is 0 Å². The van der Waals surface area contributed by atoms with Gasteiger partial charge in [-0.25, -0.2) is 14.6 Å². The molecule has 0 bridgehead atoms. The molecule has 0 fully saturated rings. The summed E-state index contributed by atoms with van der Waals surface area (Å²) in [6.45, 7) is 3.76. The van der Waals surface area contributed by atoms with Crippen LogP contribution in [0.2, 0.25) is 0 Å². The zero-order chi connectivity index (χ0) is 13.8. The predicted octanol–water partition coefficient (Wildman–Crippen LogP) is 2.10. The standard InChI is InChI=1S/C14H16N6/c1-2-19-11-15-9-13(19)10-16-12-4-5-14(17-8-12)20-7-3-6-18-20/h3-9,11,16H,2,10H2,1H3. The zero-order valence-corrected chi connectivity index (χ0v) is 11.3. The van der Waals surface area contributed by atoms with Crippen LogP contribution in [0.5, 0.6) is 0 Å². The van der Waals surface area contributed by atoms with Crippen molar-refractivity contribution in [1.82, 2.24) is 24.3 Å². The molecule has 0 amide bonds. The van der Waals surface area contributed by atoms with Crippen LogP contribution in [-0.4, -0.2) is 24.3 Å². The first-order chi connectivity index (χ1) is 9.86. The Morgan fingerprint density at radius 2 is 2.20 bits per heavy atom. The Morgan fingerprint density at radius 3 is 2.90 bits per heavy atom. The molecule has 0 atom stereocenters. The molecule has 0 radical (unpaired) electrons. The first-order valence-electron chi connectivity index (χ1n) is 6.56. The van der Waals surface area contributed by atoms with Crippen molar-refractivity contribution in [3.8, 4) is 5.82 Å². The van der Waals surface area contributed by atoms with Crippen molar-refractivity contribution < 1.29 is 0 Å². The fourth-order valence-corrected chi connectivity index (χ4v) is 2.00. The lowest BCUT2D eigenvalue weighted by Gasteiger charge is -2.08. The van der Waals surface area contributed by atoms with E-state index >= 15 is 0 Å². The third-order valence-electron chi connectivity index (χ3n) is 3.10. The van der Waals surface area contributed by atoms with Crippen LogP contribution in [0.3, 0.4) is 0 Å². The van der Waals surface area contributed by atoms with E-state index in [1.807, 2.05) is 43.1 Å². The molecule has 3 aromatic heterocycles. The normalized spacial score (nSPS) is 10.7. The Morgan fingerprint density at radius 1 is 1.25 bits per heavy atom. The lowest BCUT2D eigenvalue weighted by atomic mass is 10.3. The minimum atomic E-state index is 0.733. The molecule has 20 heavy (non-hydrogen) atoms. The minimum Gasteiger partial charge on any atom is -0.378 e. The van der Waals surface area contributed by atoms with Gasteiger partial charge in [0.15, 0.2) is 5.82 Å². The highest BCUT2D eigenvalue weighted by Gasteiger charge is 2.01. The maximum absolute atomic E-state index is 4.38. The number of aryl methyl sites for hydroxylation is 1. The summed E-state index contributed by atoms with van der Waals surface area (Å²) in [6, 6.07) is 5.81. The van der Waals surface area contributed by atoms with Crippen molar-refractivity contribution in [2.75, 3.05) is 5.32 Å². The largest absolute Gasteiger partial charge is 0.378 e. The second kappa shape index (κ2) is 5.56. The molecule has 3 aromatic rings. The van der Waals surface area contributed by atoms with E-state index < -0.39 is 0 Å². The first-order valence-corrected chi connectivity index (χ1v) is 6.56. The molecular weight excluding hydrogens is 252 g/mol. The fraction of sp³-hybridized carbons (Fsp3) is 0.214. The summed E-state index contributed by atoms with van der Waals surface area (Å²) in [4.78, 5) is 8.53. The van der Waals surface area contributed by atoms with Crippen LogP contribution in [-0.2, 0) is 13.1 Å². The topological polar surface area (TPSA) is 60.6 Å². The average Bonchev–Trinajstić information content (AvgIpc) is 3.16. The van der Waals surface area contributed by atoms with Gasteiger partial charge in [0.1, 0.15) is 0 Å². The number of hydrogen-bond donors (Lipinski definition) is 1. The highest BCUT2D eigenvalue weighted by atomic mass is 15.3. The molecule has 3 heterocycles. The Labute approximate surface area is 117 Å². The molecule has 1 N–H and O–H groups in total. The van der Waals surface area contributed by atoms with E-state index in [2.05, 4.69) is 31.9 Å². The van der Waals surface area contributed by atoms with E-state index in [9.17, 15) is 0 Å². The molecule has 0 aliphatic carbocycles. The van der Waals surface area contributed by atoms with Crippen molar-refractivity contribution >= 4 is 5.69 Å². The van der Waals surface area contributed by atoms with Crippen molar-refractivity contribution in [1.29, 1.82) is 0 Å². The van der Waals surface area contributed by atoms with E-state index in [-0.39, 0.29) is 0 Å². The molecule has 102 valence electrons. The monoisotopic (exact) mass is 268 g/mol. The predicted molar refractivity (Wildman–Crippen MR) is 76.6 cm³/mol. The second-order valence-electron chi connectivity index (χ2n) is 4.38. The number of anilines is 1. The fourth-order valence-electron chi connectivity index (χ4n) is 2.00. The quantitative estimate of drug-likeness (QED) is 0.769. The molecule has 0 saturated carbocycles. The maximum atomic E-state index is 4.38. The third-order valence-corrected chi connectivity index (χ3v) is 3.10. The molecule has 3 rings (SSSR count). The van der Waals surface area contributed by atoms with Gasteiger partial charge < -0.3 is 9.88 Å². The van der Waals surface area contributed by atoms with E-state index in [0.29, 0.717) is 0 Å². The number of aromatic nitrogens is 5. The van der Waals surface area contributed by atoms with Crippen LogP contribution >= 0.6 is 0 Å². The molecule has 0 spiro atoms. The van der Waals surface area contributed by atoms with Crippen LogP contribution in [0.4, 0.5) is 5.69 Å². The summed E-state index contributed by atoms with van der Waals surface area (Å²) in [7, 11) is 0. The van der Waals surface area contributed by atoms with Gasteiger partial charge in [0.2, 0.25) is 0 Å². The summed E-state index contributed by atoms with van der Waals surface area (Å²) in [5.41, 5.74) is 2.13. The van der Waals surface area contributed by atoms with Crippen LogP contribution in [0.25, 0.3) is 5.82 Å². The van der Waals surface area contributed by atoms with Crippen molar-refractivity contribution in [2.24, 2.45) is 0 Å². The molecule has 6 nitrogen and oxygen atoms in total. The van der Waals surface area contributed by atoms with Gasteiger partial charge in [-0.1, -0.05) is 0 Å². The van der Waals surface area contributed by atoms with Gasteiger partial charge in [-0.3, -0.25) is 0 Å². The van der Waals surface area contributed by atoms with E-state index in [0.717, 1.165) is 30.3 Å². The molecule has 0 aliphatic heterocycles. The summed E-state index contributed by atoms with van der Waals surface area (Å²) in [5.74, 6) is 0.805. The van der Waals surface area contributed by atoms with Gasteiger partial charge in [0.25, 0.3) is 0 Å². The highest BCUT2D eigenvalue weighted by molar-refractivity contribution is 5.43. The lowest BCUT2D eigenvalue weighted by molar-refractivity contribution is 0.719. The molecule has 0 aromatic carbocycles. The van der Waals surface area contributed by atoms with Crippen molar-refractivity contribution in [3.05, 3.63) is 55.0 Å². The zero-order valence-electron chi connectivity index (χ0n) is 11.3. The lowest BCUT2D eigenvalue weighted by Crippen LogP contribution is -2.06. The number of hydrogen-bond acceptors (Lipinski definition) is 4. The Balaban J connectivity index is 1.67. The minimum absolute atomic E-state index is 0.733. The smallest absolute Gasteiger partial charge is 0.153 e. The van der Waals surface area contributed by atoms with Gasteiger partial charge in [0, 0.05) is 25.1 Å². The van der Waals surface area contributed by atoms with E-state index in [4.69, 9.17) is 0 Å². The van der Waals surface area contributed by atoms with E-state index in [1.54, 1.807) is 10.9 Å². The van der Waals surface area contributed by atoms with Gasteiger partial charge in [0.05, 0.1) is 30.5 Å². The molecule has 0 saturated heterocycles. The van der Waals surface area contributed by atoms with Crippen molar-refractivity contribution in [2.45, 2.75) is 20.0 Å². The summed E-state index contributed by atoms with van der Waals surface area (Å²) < 4.78 is 3.84. The van der Waals surface area contributed by atoms with Gasteiger partial charge in [-0.05, 0) is 25.1 Å². The average molecular weight is 268 g/mol. The van der Waals surface area contributed by atoms with Crippen LogP contribution < -0.4 is 5.32 Å². The van der Waals surface area contributed by atoms with Gasteiger partial charge in [-0.2, -0.15) is 5.10 Å². The summed E-state index contributed by atoms with van der Waals surface area (Å²) in [5, 5.41) is 7.49. The molecule has 6 heteroatoms. The van der Waals surface area contributed by atoms with Crippen LogP contribution in [0.1, 0.15) is 12.6 Å². The number of imidazole rings is 1. The van der Waals surface area contributed by atoms with Gasteiger partial charge >= 0.3 is 0 Å². The number of rotatable bonds is 5. The summed E-state index contributed by atoms with van der Waals surface area (Å²) in [6.07, 6.45) is 9.14. The number of pyridine rings is 1. The molecule has 0 unspecified atom stereocenters. The van der Waals surface area contributed by atoms with E-state index in [1.165, 1.54) is 0 Å².